The quantitative estimate of drug-likeness (QED) is 0.842. The number of benzene rings is 1. The highest BCUT2D eigenvalue weighted by molar-refractivity contribution is 6.31. The molecule has 0 radical (unpaired) electrons. The maximum Gasteiger partial charge on any atom is 0.222 e. The second kappa shape index (κ2) is 3.94. The third kappa shape index (κ3) is 1.77. The summed E-state index contributed by atoms with van der Waals surface area (Å²) in [6, 6.07) is 4.55. The molecule has 5 nitrogen and oxygen atoms in total. The van der Waals surface area contributed by atoms with Crippen molar-refractivity contribution in [1.29, 1.82) is 0 Å². The lowest BCUT2D eigenvalue weighted by atomic mass is 10.1. The molecule has 1 aromatic carbocycles. The van der Waals surface area contributed by atoms with E-state index in [1.807, 2.05) is 0 Å². The third-order valence-electron chi connectivity index (χ3n) is 2.06. The Hall–Kier alpha value is -1.88. The fourth-order valence-electron chi connectivity index (χ4n) is 1.34. The van der Waals surface area contributed by atoms with Crippen LogP contribution in [0.1, 0.15) is 0 Å². The van der Waals surface area contributed by atoms with Crippen molar-refractivity contribution in [3.8, 4) is 22.8 Å². The van der Waals surface area contributed by atoms with E-state index in [0.29, 0.717) is 16.3 Å². The molecule has 0 aliphatic carbocycles. The molecular weight excluding hydrogens is 232 g/mol. The summed E-state index contributed by atoms with van der Waals surface area (Å²) < 4.78 is 9.69. The number of nitrogen functional groups attached to an aromatic ring is 1. The van der Waals surface area contributed by atoms with Gasteiger partial charge in [0.05, 0.1) is 12.7 Å². The molecule has 1 aromatic heterocycles. The number of aromatic hydroxyl groups is 1. The lowest BCUT2D eigenvalue weighted by Crippen LogP contribution is -1.87. The van der Waals surface area contributed by atoms with Gasteiger partial charge in [0.15, 0.2) is 11.5 Å². The zero-order valence-corrected chi connectivity index (χ0v) is 9.15. The molecular formula is C10H9ClN2O3. The highest BCUT2D eigenvalue weighted by Gasteiger charge is 2.14. The van der Waals surface area contributed by atoms with E-state index in [4.69, 9.17) is 26.6 Å². The summed E-state index contributed by atoms with van der Waals surface area (Å²) in [5.74, 6) is 0.373. The highest BCUT2D eigenvalue weighted by atomic mass is 35.5. The van der Waals surface area contributed by atoms with Crippen LogP contribution in [-0.2, 0) is 0 Å². The number of methoxy groups -OCH3 is 1. The normalized spacial score (nSPS) is 10.4. The smallest absolute Gasteiger partial charge is 0.222 e. The third-order valence-corrected chi connectivity index (χ3v) is 2.28. The Bertz CT molecular complexity index is 525. The molecule has 0 spiro atoms. The van der Waals surface area contributed by atoms with Gasteiger partial charge in [0, 0.05) is 17.2 Å². The summed E-state index contributed by atoms with van der Waals surface area (Å²) in [6.07, 6.45) is 0. The van der Waals surface area contributed by atoms with E-state index in [1.165, 1.54) is 19.2 Å². The Morgan fingerprint density at radius 2 is 2.19 bits per heavy atom. The Kier molecular flexibility index (Phi) is 2.62. The van der Waals surface area contributed by atoms with E-state index in [1.54, 1.807) is 6.07 Å². The minimum absolute atomic E-state index is 0.0554. The lowest BCUT2D eigenvalue weighted by molar-refractivity contribution is 0.374. The molecule has 1 heterocycles. The number of halogens is 1. The second-order valence-electron chi connectivity index (χ2n) is 3.12. The maximum atomic E-state index is 9.87. The summed E-state index contributed by atoms with van der Waals surface area (Å²) >= 11 is 5.88. The first-order valence-electron chi connectivity index (χ1n) is 4.41. The largest absolute Gasteiger partial charge is 0.504 e. The summed E-state index contributed by atoms with van der Waals surface area (Å²) in [7, 11) is 1.44. The van der Waals surface area contributed by atoms with Crippen molar-refractivity contribution in [3.05, 3.63) is 23.2 Å². The van der Waals surface area contributed by atoms with Gasteiger partial charge in [-0.1, -0.05) is 16.8 Å². The van der Waals surface area contributed by atoms with Gasteiger partial charge in [-0.25, -0.2) is 0 Å². The first kappa shape index (κ1) is 10.6. The minimum Gasteiger partial charge on any atom is -0.504 e. The number of ether oxygens (including phenoxy) is 1. The predicted molar refractivity (Wildman–Crippen MR) is 59.6 cm³/mol. The molecule has 0 saturated carbocycles. The average molecular weight is 241 g/mol. The zero-order chi connectivity index (χ0) is 11.7. The van der Waals surface area contributed by atoms with Crippen molar-refractivity contribution >= 4 is 17.5 Å². The fourth-order valence-corrected chi connectivity index (χ4v) is 1.55. The number of nitrogens with zero attached hydrogens (tertiary/aromatic N) is 1. The van der Waals surface area contributed by atoms with Crippen LogP contribution in [0.5, 0.6) is 11.5 Å². The van der Waals surface area contributed by atoms with Crippen LogP contribution in [0, 0.1) is 0 Å². The van der Waals surface area contributed by atoms with E-state index >= 15 is 0 Å². The fraction of sp³-hybridized carbons (Fsp3) is 0.100. The van der Waals surface area contributed by atoms with Crippen LogP contribution in [0.2, 0.25) is 5.02 Å². The van der Waals surface area contributed by atoms with Gasteiger partial charge < -0.3 is 20.1 Å². The number of hydrogen-bond acceptors (Lipinski definition) is 5. The summed E-state index contributed by atoms with van der Waals surface area (Å²) in [4.78, 5) is 0. The Morgan fingerprint density at radius 3 is 2.75 bits per heavy atom. The van der Waals surface area contributed by atoms with E-state index in [0.717, 1.165) is 0 Å². The van der Waals surface area contributed by atoms with Crippen molar-refractivity contribution in [2.45, 2.75) is 0 Å². The van der Waals surface area contributed by atoms with Crippen LogP contribution in [-0.4, -0.2) is 17.4 Å². The van der Waals surface area contributed by atoms with Crippen LogP contribution >= 0.6 is 11.6 Å². The number of aromatic nitrogens is 1. The van der Waals surface area contributed by atoms with Crippen molar-refractivity contribution in [1.82, 2.24) is 5.16 Å². The Labute approximate surface area is 96.4 Å². The Balaban J connectivity index is 2.60. The van der Waals surface area contributed by atoms with Gasteiger partial charge in [-0.05, 0) is 6.07 Å². The molecule has 0 unspecified atom stereocenters. The van der Waals surface area contributed by atoms with Gasteiger partial charge >= 0.3 is 0 Å². The molecule has 6 heteroatoms. The van der Waals surface area contributed by atoms with Crippen LogP contribution in [0.3, 0.4) is 0 Å². The molecule has 84 valence electrons. The molecule has 16 heavy (non-hydrogen) atoms. The van der Waals surface area contributed by atoms with Crippen molar-refractivity contribution < 1.29 is 14.4 Å². The molecule has 2 aromatic rings. The molecule has 0 amide bonds. The van der Waals surface area contributed by atoms with Gasteiger partial charge in [0.25, 0.3) is 0 Å². The standard InChI is InChI=1S/C10H9ClN2O3/c1-15-8-3-5(11)2-6(10(8)14)7-4-9(12)16-13-7/h2-4,14H,12H2,1H3. The number of phenolic OH excluding ortho intramolecular Hbond substituents is 1. The molecule has 0 atom stereocenters. The van der Waals surface area contributed by atoms with Gasteiger partial charge in [0.2, 0.25) is 5.88 Å². The average Bonchev–Trinajstić information content (AvgIpc) is 2.67. The van der Waals surface area contributed by atoms with Gasteiger partial charge in [0.1, 0.15) is 5.69 Å². The topological polar surface area (TPSA) is 81.5 Å². The van der Waals surface area contributed by atoms with E-state index < -0.39 is 0 Å². The highest BCUT2D eigenvalue weighted by Crippen LogP contribution is 2.39. The summed E-state index contributed by atoms with van der Waals surface area (Å²) in [5.41, 5.74) is 6.21. The summed E-state index contributed by atoms with van der Waals surface area (Å²) in [5, 5.41) is 14.0. The minimum atomic E-state index is -0.0554. The Morgan fingerprint density at radius 1 is 1.44 bits per heavy atom. The van der Waals surface area contributed by atoms with Crippen LogP contribution in [0.4, 0.5) is 5.88 Å². The van der Waals surface area contributed by atoms with Gasteiger partial charge in [-0.3, -0.25) is 0 Å². The van der Waals surface area contributed by atoms with Crippen molar-refractivity contribution in [2.24, 2.45) is 0 Å². The van der Waals surface area contributed by atoms with E-state index in [2.05, 4.69) is 5.16 Å². The van der Waals surface area contributed by atoms with E-state index in [9.17, 15) is 5.11 Å². The maximum absolute atomic E-state index is 9.87. The molecule has 2 rings (SSSR count). The SMILES string of the molecule is COc1cc(Cl)cc(-c2cc(N)on2)c1O. The van der Waals surface area contributed by atoms with Gasteiger partial charge in [-0.15, -0.1) is 0 Å². The molecule has 0 aliphatic heterocycles. The molecule has 0 fully saturated rings. The van der Waals surface area contributed by atoms with Crippen LogP contribution in [0.15, 0.2) is 22.7 Å². The number of nitrogens with two attached hydrogens (primary N) is 1. The van der Waals surface area contributed by atoms with Crippen molar-refractivity contribution in [3.63, 3.8) is 0 Å². The molecule has 0 bridgehead atoms. The molecule has 0 aliphatic rings. The summed E-state index contributed by atoms with van der Waals surface area (Å²) in [6.45, 7) is 0. The number of anilines is 1. The predicted octanol–water partition coefficient (Wildman–Crippen LogP) is 2.29. The van der Waals surface area contributed by atoms with E-state index in [-0.39, 0.29) is 17.4 Å². The van der Waals surface area contributed by atoms with Crippen LogP contribution in [0.25, 0.3) is 11.3 Å². The first-order valence-corrected chi connectivity index (χ1v) is 4.78. The number of hydrogen-bond donors (Lipinski definition) is 2. The van der Waals surface area contributed by atoms with Crippen molar-refractivity contribution in [2.75, 3.05) is 12.8 Å². The molecule has 3 N–H and O–H groups in total. The lowest BCUT2D eigenvalue weighted by Gasteiger charge is -2.07. The van der Waals surface area contributed by atoms with Gasteiger partial charge in [-0.2, -0.15) is 0 Å². The number of rotatable bonds is 2. The number of phenols is 1. The monoisotopic (exact) mass is 240 g/mol. The van der Waals surface area contributed by atoms with Crippen LogP contribution < -0.4 is 10.5 Å². The second-order valence-corrected chi connectivity index (χ2v) is 3.56. The first-order chi connectivity index (χ1) is 7.61. The molecule has 0 saturated heterocycles. The zero-order valence-electron chi connectivity index (χ0n) is 8.40.